The lowest BCUT2D eigenvalue weighted by molar-refractivity contribution is -0.122. The van der Waals surface area contributed by atoms with Gasteiger partial charge in [-0.25, -0.2) is 4.39 Å². The van der Waals surface area contributed by atoms with Gasteiger partial charge < -0.3 is 15.4 Å². The normalized spacial score (nSPS) is 18.2. The zero-order valence-corrected chi connectivity index (χ0v) is 13.2. The topological polar surface area (TPSA) is 50.4 Å². The first-order chi connectivity index (χ1) is 9.15. The number of ether oxygens (including phenoxy) is 1. The summed E-state index contributed by atoms with van der Waals surface area (Å²) in [4.78, 5) is 11.8. The van der Waals surface area contributed by atoms with Crippen molar-refractivity contribution in [2.75, 3.05) is 19.8 Å². The Morgan fingerprint density at radius 2 is 2.35 bits per heavy atom. The molecule has 1 atom stereocenters. The van der Waals surface area contributed by atoms with Gasteiger partial charge in [0.2, 0.25) is 5.91 Å². The number of nitrogens with one attached hydrogen (secondary N) is 2. The second-order valence-corrected chi connectivity index (χ2v) is 5.30. The maximum Gasteiger partial charge on any atom is 0.221 e. The molecule has 2 N–H and O–H groups in total. The number of rotatable bonds is 4. The summed E-state index contributed by atoms with van der Waals surface area (Å²) in [5.74, 6) is -0.381. The number of halogens is 3. The van der Waals surface area contributed by atoms with Gasteiger partial charge in [-0.15, -0.1) is 12.4 Å². The molecule has 20 heavy (non-hydrogen) atoms. The molecular weight excluding hydrogens is 351 g/mol. The lowest BCUT2D eigenvalue weighted by Gasteiger charge is -2.23. The van der Waals surface area contributed by atoms with Crippen molar-refractivity contribution in [1.29, 1.82) is 0 Å². The van der Waals surface area contributed by atoms with Gasteiger partial charge in [-0.1, -0.05) is 15.9 Å². The maximum atomic E-state index is 13.1. The highest BCUT2D eigenvalue weighted by Gasteiger charge is 2.16. The summed E-state index contributed by atoms with van der Waals surface area (Å²) in [6, 6.07) is 4.47. The minimum atomic E-state index is -0.310. The van der Waals surface area contributed by atoms with Crippen molar-refractivity contribution in [3.63, 3.8) is 0 Å². The van der Waals surface area contributed by atoms with Crippen molar-refractivity contribution in [3.8, 4) is 0 Å². The van der Waals surface area contributed by atoms with E-state index >= 15 is 0 Å². The number of hydrogen-bond donors (Lipinski definition) is 2. The van der Waals surface area contributed by atoms with Crippen molar-refractivity contribution in [2.45, 2.75) is 19.0 Å². The molecule has 112 valence electrons. The molecule has 1 aromatic rings. The second-order valence-electron chi connectivity index (χ2n) is 4.44. The number of amides is 1. The Hall–Kier alpha value is -0.690. The lowest BCUT2D eigenvalue weighted by Crippen LogP contribution is -2.44. The maximum absolute atomic E-state index is 13.1. The molecular formula is C13H17BrClFN2O2. The van der Waals surface area contributed by atoms with Gasteiger partial charge in [0.1, 0.15) is 5.82 Å². The summed E-state index contributed by atoms with van der Waals surface area (Å²) >= 11 is 3.33. The van der Waals surface area contributed by atoms with Crippen LogP contribution in [0.5, 0.6) is 0 Å². The lowest BCUT2D eigenvalue weighted by atomic mass is 10.1. The average molecular weight is 368 g/mol. The number of hydrogen-bond acceptors (Lipinski definition) is 3. The third kappa shape index (κ3) is 5.36. The first-order valence-electron chi connectivity index (χ1n) is 6.17. The summed E-state index contributed by atoms with van der Waals surface area (Å²) < 4.78 is 19.2. The number of morpholine rings is 1. The van der Waals surface area contributed by atoms with E-state index in [0.717, 1.165) is 16.6 Å². The Balaban J connectivity index is 0.00000200. The molecule has 4 nitrogen and oxygen atoms in total. The van der Waals surface area contributed by atoms with Crippen LogP contribution in [0.25, 0.3) is 0 Å². The average Bonchev–Trinajstić information content (AvgIpc) is 2.41. The van der Waals surface area contributed by atoms with Crippen LogP contribution in [-0.2, 0) is 16.1 Å². The first-order valence-corrected chi connectivity index (χ1v) is 6.96. The summed E-state index contributed by atoms with van der Waals surface area (Å²) in [7, 11) is 0. The van der Waals surface area contributed by atoms with Crippen LogP contribution in [0.3, 0.4) is 0 Å². The third-order valence-corrected chi connectivity index (χ3v) is 3.69. The molecule has 1 unspecified atom stereocenters. The van der Waals surface area contributed by atoms with Crippen molar-refractivity contribution in [2.24, 2.45) is 0 Å². The Kier molecular flexibility index (Phi) is 7.43. The quantitative estimate of drug-likeness (QED) is 0.856. The predicted molar refractivity (Wildman–Crippen MR) is 80.4 cm³/mol. The van der Waals surface area contributed by atoms with Gasteiger partial charge in [-0.05, 0) is 23.8 Å². The van der Waals surface area contributed by atoms with Crippen LogP contribution in [0, 0.1) is 5.82 Å². The molecule has 1 aromatic carbocycles. The van der Waals surface area contributed by atoms with E-state index < -0.39 is 0 Å². The Bertz CT molecular complexity index is 456. The van der Waals surface area contributed by atoms with Crippen molar-refractivity contribution >= 4 is 34.2 Å². The summed E-state index contributed by atoms with van der Waals surface area (Å²) in [5.41, 5.74) is 0.723. The molecule has 0 aliphatic carbocycles. The molecule has 0 bridgehead atoms. The summed E-state index contributed by atoms with van der Waals surface area (Å²) in [6.45, 7) is 2.32. The van der Waals surface area contributed by atoms with Crippen LogP contribution < -0.4 is 10.6 Å². The van der Waals surface area contributed by atoms with Crippen LogP contribution in [0.2, 0.25) is 0 Å². The van der Waals surface area contributed by atoms with Crippen molar-refractivity contribution in [3.05, 3.63) is 34.1 Å². The van der Waals surface area contributed by atoms with E-state index in [1.807, 2.05) is 0 Å². The minimum Gasteiger partial charge on any atom is -0.378 e. The SMILES string of the molecule is Cl.O=C(CC1COCCN1)NCc1cc(F)ccc1Br. The molecule has 7 heteroatoms. The number of carbonyl (C=O) groups is 1. The first kappa shape index (κ1) is 17.4. The van der Waals surface area contributed by atoms with E-state index in [4.69, 9.17) is 4.74 Å². The van der Waals surface area contributed by atoms with Gasteiger partial charge in [-0.2, -0.15) is 0 Å². The van der Waals surface area contributed by atoms with Gasteiger partial charge in [0.05, 0.1) is 13.2 Å². The number of carbonyl (C=O) groups excluding carboxylic acids is 1. The molecule has 2 rings (SSSR count). The van der Waals surface area contributed by atoms with Gasteiger partial charge in [-0.3, -0.25) is 4.79 Å². The van der Waals surface area contributed by atoms with Gasteiger partial charge in [0, 0.05) is 30.0 Å². The smallest absolute Gasteiger partial charge is 0.221 e. The third-order valence-electron chi connectivity index (χ3n) is 2.91. The fourth-order valence-electron chi connectivity index (χ4n) is 1.92. The van der Waals surface area contributed by atoms with Gasteiger partial charge in [0.15, 0.2) is 0 Å². The van der Waals surface area contributed by atoms with E-state index in [9.17, 15) is 9.18 Å². The van der Waals surface area contributed by atoms with E-state index in [-0.39, 0.29) is 30.2 Å². The van der Waals surface area contributed by atoms with Crippen LogP contribution in [0.4, 0.5) is 4.39 Å². The van der Waals surface area contributed by atoms with E-state index in [0.29, 0.717) is 26.2 Å². The Morgan fingerprint density at radius 1 is 1.55 bits per heavy atom. The molecule has 1 aliphatic rings. The van der Waals surface area contributed by atoms with E-state index in [1.54, 1.807) is 6.07 Å². The Labute approximate surface area is 132 Å². The van der Waals surface area contributed by atoms with Crippen LogP contribution in [0.1, 0.15) is 12.0 Å². The van der Waals surface area contributed by atoms with E-state index in [2.05, 4.69) is 26.6 Å². The highest BCUT2D eigenvalue weighted by Crippen LogP contribution is 2.17. The second kappa shape index (κ2) is 8.56. The molecule has 0 radical (unpaired) electrons. The summed E-state index contributed by atoms with van der Waals surface area (Å²) in [6.07, 6.45) is 0.368. The summed E-state index contributed by atoms with van der Waals surface area (Å²) in [5, 5.41) is 6.00. The molecule has 0 spiro atoms. The highest BCUT2D eigenvalue weighted by atomic mass is 79.9. The fourth-order valence-corrected chi connectivity index (χ4v) is 2.31. The molecule has 1 amide bonds. The minimum absolute atomic E-state index is 0. The standard InChI is InChI=1S/C13H16BrFN2O2.ClH/c14-12-2-1-10(15)5-9(12)7-17-13(18)6-11-8-19-4-3-16-11;/h1-2,5,11,16H,3-4,6-8H2,(H,17,18);1H. The fraction of sp³-hybridized carbons (Fsp3) is 0.462. The Morgan fingerprint density at radius 3 is 3.05 bits per heavy atom. The van der Waals surface area contributed by atoms with Gasteiger partial charge >= 0.3 is 0 Å². The van der Waals surface area contributed by atoms with Crippen LogP contribution >= 0.6 is 28.3 Å². The van der Waals surface area contributed by atoms with Crippen molar-refractivity contribution in [1.82, 2.24) is 10.6 Å². The number of benzene rings is 1. The predicted octanol–water partition coefficient (Wildman–Crippen LogP) is 2.00. The molecule has 1 aliphatic heterocycles. The zero-order chi connectivity index (χ0) is 13.7. The molecule has 0 aromatic heterocycles. The van der Waals surface area contributed by atoms with Crippen LogP contribution in [-0.4, -0.2) is 31.7 Å². The highest BCUT2D eigenvalue weighted by molar-refractivity contribution is 9.10. The largest absolute Gasteiger partial charge is 0.378 e. The van der Waals surface area contributed by atoms with E-state index in [1.165, 1.54) is 12.1 Å². The monoisotopic (exact) mass is 366 g/mol. The van der Waals surface area contributed by atoms with Crippen LogP contribution in [0.15, 0.2) is 22.7 Å². The molecule has 1 saturated heterocycles. The van der Waals surface area contributed by atoms with Crippen molar-refractivity contribution < 1.29 is 13.9 Å². The zero-order valence-electron chi connectivity index (χ0n) is 10.8. The molecule has 1 heterocycles. The molecule has 1 fully saturated rings. The van der Waals surface area contributed by atoms with Gasteiger partial charge in [0.25, 0.3) is 0 Å². The molecule has 0 saturated carbocycles.